The summed E-state index contributed by atoms with van der Waals surface area (Å²) in [6.07, 6.45) is 5.28. The van der Waals surface area contributed by atoms with E-state index >= 15 is 0 Å². The highest BCUT2D eigenvalue weighted by atomic mass is 19.2. The fraction of sp³-hybridized carbons (Fsp3) is 0.371. The Balaban J connectivity index is 1.09. The molecule has 0 N–H and O–H groups in total. The average Bonchev–Trinajstić information content (AvgIpc) is 3.06. The maximum atomic E-state index is 13.5. The third kappa shape index (κ3) is 8.05. The predicted octanol–water partition coefficient (Wildman–Crippen LogP) is 6.33. The molecule has 0 unspecified atom stereocenters. The van der Waals surface area contributed by atoms with E-state index in [1.165, 1.54) is 12.2 Å². The van der Waals surface area contributed by atoms with Gasteiger partial charge in [-0.3, -0.25) is 9.59 Å². The van der Waals surface area contributed by atoms with Crippen molar-refractivity contribution >= 4 is 17.9 Å². The van der Waals surface area contributed by atoms with Crippen LogP contribution in [-0.4, -0.2) is 67.1 Å². The minimum atomic E-state index is -1.54. The summed E-state index contributed by atoms with van der Waals surface area (Å²) in [6.45, 7) is 4.37. The molecule has 2 aliphatic rings. The number of piperidine rings is 2. The lowest BCUT2D eigenvalue weighted by atomic mass is 10.0. The Morgan fingerprint density at radius 2 is 1.44 bits per heavy atom. The molecule has 7 nitrogen and oxygen atoms in total. The smallest absolute Gasteiger partial charge is 0.254 e. The second-order valence-electron chi connectivity index (χ2n) is 11.4. The van der Waals surface area contributed by atoms with Gasteiger partial charge in [-0.15, -0.1) is 0 Å². The van der Waals surface area contributed by atoms with Gasteiger partial charge in [-0.25, -0.2) is 13.2 Å². The predicted molar refractivity (Wildman–Crippen MR) is 163 cm³/mol. The van der Waals surface area contributed by atoms with Gasteiger partial charge in [0.15, 0.2) is 29.0 Å². The van der Waals surface area contributed by atoms with E-state index in [1.807, 2.05) is 48.2 Å². The highest BCUT2D eigenvalue weighted by Gasteiger charge is 2.29. The highest BCUT2D eigenvalue weighted by molar-refractivity contribution is 5.96. The van der Waals surface area contributed by atoms with Gasteiger partial charge in [-0.2, -0.15) is 0 Å². The van der Waals surface area contributed by atoms with Crippen LogP contribution in [0.5, 0.6) is 11.5 Å². The summed E-state index contributed by atoms with van der Waals surface area (Å²) in [5.74, 6) is -3.38. The van der Waals surface area contributed by atoms with Crippen molar-refractivity contribution in [3.05, 3.63) is 100 Å². The molecule has 2 heterocycles. The van der Waals surface area contributed by atoms with Crippen LogP contribution in [0.4, 0.5) is 13.2 Å². The first-order valence-corrected chi connectivity index (χ1v) is 15.1. The number of likely N-dealkylation sites (tertiary alicyclic amines) is 2. The van der Waals surface area contributed by atoms with Crippen LogP contribution in [-0.2, 0) is 16.1 Å². The Morgan fingerprint density at radius 1 is 0.844 bits per heavy atom. The lowest BCUT2D eigenvalue weighted by Gasteiger charge is -2.37. The van der Waals surface area contributed by atoms with E-state index in [9.17, 15) is 22.8 Å². The van der Waals surface area contributed by atoms with Gasteiger partial charge in [0.25, 0.3) is 5.91 Å². The first kappa shape index (κ1) is 32.1. The molecule has 0 atom stereocenters. The topological polar surface area (TPSA) is 68.3 Å². The summed E-state index contributed by atoms with van der Waals surface area (Å²) in [6, 6.07) is 15.1. The molecule has 238 valence electrons. The van der Waals surface area contributed by atoms with Gasteiger partial charge >= 0.3 is 0 Å². The monoisotopic (exact) mass is 622 g/mol. The number of amides is 2. The number of halogens is 3. The van der Waals surface area contributed by atoms with Crippen LogP contribution in [0.15, 0.2) is 60.7 Å². The van der Waals surface area contributed by atoms with E-state index in [2.05, 4.69) is 0 Å². The molecule has 2 aliphatic heterocycles. The van der Waals surface area contributed by atoms with Crippen molar-refractivity contribution in [2.45, 2.75) is 51.4 Å². The highest BCUT2D eigenvalue weighted by Crippen LogP contribution is 2.32. The quantitative estimate of drug-likeness (QED) is 0.206. The number of carbonyl (C=O) groups excluding carboxylic acids is 2. The van der Waals surface area contributed by atoms with Crippen LogP contribution in [0.2, 0.25) is 0 Å². The summed E-state index contributed by atoms with van der Waals surface area (Å²) < 4.78 is 57.9. The van der Waals surface area contributed by atoms with Gasteiger partial charge < -0.3 is 24.0 Å². The van der Waals surface area contributed by atoms with Gasteiger partial charge in [-0.1, -0.05) is 30.3 Å². The number of hydrogen-bond donors (Lipinski definition) is 0. The van der Waals surface area contributed by atoms with Gasteiger partial charge in [-0.05, 0) is 79.6 Å². The van der Waals surface area contributed by atoms with Gasteiger partial charge in [0, 0.05) is 37.8 Å². The lowest BCUT2D eigenvalue weighted by Crippen LogP contribution is -2.44. The third-order valence-electron chi connectivity index (χ3n) is 8.27. The summed E-state index contributed by atoms with van der Waals surface area (Å²) >= 11 is 0. The molecule has 2 fully saturated rings. The molecule has 3 aromatic carbocycles. The van der Waals surface area contributed by atoms with E-state index < -0.39 is 17.5 Å². The molecule has 0 saturated carbocycles. The van der Waals surface area contributed by atoms with Crippen molar-refractivity contribution < 1.29 is 37.0 Å². The minimum absolute atomic E-state index is 0.00118. The number of ether oxygens (including phenoxy) is 3. The zero-order valence-electron chi connectivity index (χ0n) is 25.4. The molecule has 0 radical (unpaired) electrons. The number of carbonyl (C=O) groups is 2. The molecule has 3 aromatic rings. The fourth-order valence-corrected chi connectivity index (χ4v) is 5.69. The molecule has 45 heavy (non-hydrogen) atoms. The summed E-state index contributed by atoms with van der Waals surface area (Å²) in [5.41, 5.74) is 2.48. The Morgan fingerprint density at radius 3 is 2.04 bits per heavy atom. The van der Waals surface area contributed by atoms with Crippen molar-refractivity contribution in [2.24, 2.45) is 0 Å². The molecule has 0 spiro atoms. The van der Waals surface area contributed by atoms with Crippen LogP contribution in [0.3, 0.4) is 0 Å². The normalized spacial score (nSPS) is 16.3. The fourth-order valence-electron chi connectivity index (χ4n) is 5.69. The number of rotatable bonds is 9. The SMILES string of the molecule is COc1cc(C)c(C(=O)N2CCC(OC3CCN(C(=O)/C=C/c4cc(F)c(F)c(F)c4)CC3)CC2)cc1OCc1ccccc1. The first-order chi connectivity index (χ1) is 21.7. The van der Waals surface area contributed by atoms with Crippen molar-refractivity contribution in [3.8, 4) is 11.5 Å². The van der Waals surface area contributed by atoms with Crippen molar-refractivity contribution in [3.63, 3.8) is 0 Å². The number of benzene rings is 3. The summed E-state index contributed by atoms with van der Waals surface area (Å²) in [7, 11) is 1.58. The molecular formula is C35H37F3N2O5. The van der Waals surface area contributed by atoms with Crippen LogP contribution in [0, 0.1) is 24.4 Å². The maximum absolute atomic E-state index is 13.5. The molecule has 0 aromatic heterocycles. The van der Waals surface area contributed by atoms with Gasteiger partial charge in [0.1, 0.15) is 6.61 Å². The first-order valence-electron chi connectivity index (χ1n) is 15.1. The second kappa shape index (κ2) is 14.6. The van der Waals surface area contributed by atoms with E-state index in [1.54, 1.807) is 18.1 Å². The molecule has 10 heteroatoms. The number of hydrogen-bond acceptors (Lipinski definition) is 5. The van der Waals surface area contributed by atoms with Gasteiger partial charge in [0.2, 0.25) is 5.91 Å². The molecule has 5 rings (SSSR count). The summed E-state index contributed by atoms with van der Waals surface area (Å²) in [4.78, 5) is 29.6. The van der Waals surface area contributed by atoms with E-state index in [4.69, 9.17) is 14.2 Å². The zero-order valence-corrected chi connectivity index (χ0v) is 25.4. The minimum Gasteiger partial charge on any atom is -0.493 e. The van der Waals surface area contributed by atoms with Gasteiger partial charge in [0.05, 0.1) is 19.3 Å². The Labute approximate surface area is 261 Å². The van der Waals surface area contributed by atoms with Crippen LogP contribution < -0.4 is 9.47 Å². The molecule has 0 aliphatic carbocycles. The van der Waals surface area contributed by atoms with Crippen molar-refractivity contribution in [1.29, 1.82) is 0 Å². The number of aryl methyl sites for hydroxylation is 1. The largest absolute Gasteiger partial charge is 0.493 e. The maximum Gasteiger partial charge on any atom is 0.254 e. The molecular weight excluding hydrogens is 585 g/mol. The standard InChI is InChI=1S/C35H37F3N2O5/c1-23-18-31(43-2)32(44-22-24-6-4-3-5-7-24)21-28(23)35(42)40-16-12-27(13-17-40)45-26-10-14-39(15-11-26)33(41)9-8-25-19-29(36)34(38)30(37)20-25/h3-9,18-21,26-27H,10-17,22H2,1-2H3/b9-8+. The Kier molecular flexibility index (Phi) is 10.4. The van der Waals surface area contributed by atoms with Crippen molar-refractivity contribution in [2.75, 3.05) is 33.3 Å². The lowest BCUT2D eigenvalue weighted by molar-refractivity contribution is -0.129. The van der Waals surface area contributed by atoms with Crippen LogP contribution in [0.25, 0.3) is 6.08 Å². The summed E-state index contributed by atoms with van der Waals surface area (Å²) in [5, 5.41) is 0. The Bertz CT molecular complexity index is 1510. The third-order valence-corrected chi connectivity index (χ3v) is 8.27. The molecule has 0 bridgehead atoms. The molecule has 2 amide bonds. The Hall–Kier alpha value is -4.31. The molecule has 2 saturated heterocycles. The average molecular weight is 623 g/mol. The van der Waals surface area contributed by atoms with Crippen LogP contribution >= 0.6 is 0 Å². The zero-order chi connectivity index (χ0) is 31.9. The van der Waals surface area contributed by atoms with E-state index in [0.29, 0.717) is 75.5 Å². The number of methoxy groups -OCH3 is 1. The van der Waals surface area contributed by atoms with Crippen LogP contribution in [0.1, 0.15) is 52.7 Å². The van der Waals surface area contributed by atoms with E-state index in [0.717, 1.165) is 23.3 Å². The van der Waals surface area contributed by atoms with E-state index in [-0.39, 0.29) is 29.6 Å². The second-order valence-corrected chi connectivity index (χ2v) is 11.4. The number of nitrogens with zero attached hydrogens (tertiary/aromatic N) is 2. The van der Waals surface area contributed by atoms with Crippen molar-refractivity contribution in [1.82, 2.24) is 9.80 Å².